The van der Waals surface area contributed by atoms with E-state index in [4.69, 9.17) is 21.7 Å². The van der Waals surface area contributed by atoms with E-state index in [1.165, 1.54) is 7.11 Å². The zero-order chi connectivity index (χ0) is 26.6. The van der Waals surface area contributed by atoms with Gasteiger partial charge in [-0.3, -0.25) is 14.8 Å². The number of carbonyl (C=O) groups is 1. The third kappa shape index (κ3) is 4.83. The molecule has 0 radical (unpaired) electrons. The minimum absolute atomic E-state index is 0.0701. The van der Waals surface area contributed by atoms with Crippen molar-refractivity contribution in [1.82, 2.24) is 19.9 Å². The van der Waals surface area contributed by atoms with Gasteiger partial charge in [-0.15, -0.1) is 0 Å². The van der Waals surface area contributed by atoms with Crippen LogP contribution in [0.15, 0.2) is 79.3 Å². The van der Waals surface area contributed by atoms with Gasteiger partial charge in [0, 0.05) is 36.6 Å². The Bertz CT molecular complexity index is 1440. The fourth-order valence-electron chi connectivity index (χ4n) is 4.82. The Morgan fingerprint density at radius 2 is 1.95 bits per heavy atom. The average molecular weight is 529 g/mol. The van der Waals surface area contributed by atoms with E-state index in [0.29, 0.717) is 16.5 Å². The van der Waals surface area contributed by atoms with Gasteiger partial charge in [0.05, 0.1) is 36.4 Å². The number of thiocarbonyl (C=S) groups is 1. The summed E-state index contributed by atoms with van der Waals surface area (Å²) in [7, 11) is 3.04. The molecule has 0 spiro atoms. The average Bonchev–Trinajstić information content (AvgIpc) is 3.48. The van der Waals surface area contributed by atoms with E-state index in [1.807, 2.05) is 54.7 Å². The number of aryl methyl sites for hydroxylation is 1. The number of hydrogen-bond donors (Lipinski definition) is 2. The lowest BCUT2D eigenvalue weighted by Gasteiger charge is -2.30. The first-order valence-corrected chi connectivity index (χ1v) is 12.5. The van der Waals surface area contributed by atoms with Gasteiger partial charge in [-0.1, -0.05) is 6.07 Å². The van der Waals surface area contributed by atoms with Crippen LogP contribution in [0, 0.1) is 6.92 Å². The van der Waals surface area contributed by atoms with Crippen LogP contribution < -0.4 is 20.3 Å². The second-order valence-electron chi connectivity index (χ2n) is 8.81. The van der Waals surface area contributed by atoms with Gasteiger partial charge in [-0.05, 0) is 73.7 Å². The molecule has 1 amide bonds. The van der Waals surface area contributed by atoms with Crippen LogP contribution in [0.1, 0.15) is 29.2 Å². The molecule has 3 aromatic heterocycles. The minimum atomic E-state index is -0.283. The Kier molecular flexibility index (Phi) is 7.34. The quantitative estimate of drug-likeness (QED) is 0.326. The maximum atomic E-state index is 12.3. The van der Waals surface area contributed by atoms with Crippen molar-refractivity contribution in [2.45, 2.75) is 19.0 Å². The van der Waals surface area contributed by atoms with Crippen molar-refractivity contribution < 1.29 is 14.3 Å². The normalized spacial score (nSPS) is 16.8. The molecule has 10 heteroatoms. The minimum Gasteiger partial charge on any atom is -0.495 e. The summed E-state index contributed by atoms with van der Waals surface area (Å²) in [5, 5.41) is 6.91. The Balaban J connectivity index is 1.65. The van der Waals surface area contributed by atoms with E-state index in [0.717, 1.165) is 28.5 Å². The van der Waals surface area contributed by atoms with Gasteiger partial charge < -0.3 is 29.6 Å². The highest BCUT2D eigenvalue weighted by Crippen LogP contribution is 2.44. The molecule has 1 fully saturated rings. The van der Waals surface area contributed by atoms with Gasteiger partial charge in [0.2, 0.25) is 5.91 Å². The van der Waals surface area contributed by atoms with E-state index in [-0.39, 0.29) is 24.6 Å². The monoisotopic (exact) mass is 528 g/mol. The van der Waals surface area contributed by atoms with Gasteiger partial charge in [-0.25, -0.2) is 0 Å². The van der Waals surface area contributed by atoms with Crippen LogP contribution >= 0.6 is 12.2 Å². The molecule has 194 valence electrons. The van der Waals surface area contributed by atoms with E-state index in [9.17, 15) is 4.79 Å². The fraction of sp³-hybridized carbons (Fsp3) is 0.214. The standard InChI is InChI=1S/C28H28N6O3S/c1-18-9-11-23(33(18)20-7-6-13-29-16-20)27-26(21-8-4-5-14-30-21)32-28(38)34(27)19-10-12-24(37-3)22(15-19)31-25(35)17-36-2/h4-16,26-27H,17H2,1-3H3,(H,31,35)(H,32,38)/t26-,27-/m1/s1. The Hall–Kier alpha value is -4.28. The van der Waals surface area contributed by atoms with Crippen molar-refractivity contribution in [3.05, 3.63) is 96.3 Å². The van der Waals surface area contributed by atoms with Crippen LogP contribution in [0.2, 0.25) is 0 Å². The first-order valence-electron chi connectivity index (χ1n) is 12.1. The highest BCUT2D eigenvalue weighted by atomic mass is 32.1. The molecule has 0 saturated carbocycles. The number of benzene rings is 1. The maximum Gasteiger partial charge on any atom is 0.250 e. The lowest BCUT2D eigenvalue weighted by Crippen LogP contribution is -2.30. The summed E-state index contributed by atoms with van der Waals surface area (Å²) < 4.78 is 12.7. The zero-order valence-electron chi connectivity index (χ0n) is 21.3. The highest BCUT2D eigenvalue weighted by Gasteiger charge is 2.42. The molecule has 4 aromatic rings. The zero-order valence-corrected chi connectivity index (χ0v) is 22.1. The molecule has 1 saturated heterocycles. The van der Waals surface area contributed by atoms with Gasteiger partial charge in [0.25, 0.3) is 0 Å². The maximum absolute atomic E-state index is 12.3. The van der Waals surface area contributed by atoms with Crippen molar-refractivity contribution in [3.63, 3.8) is 0 Å². The number of anilines is 2. The Morgan fingerprint density at radius 3 is 2.66 bits per heavy atom. The summed E-state index contributed by atoms with van der Waals surface area (Å²) in [5.74, 6) is 0.248. The summed E-state index contributed by atoms with van der Waals surface area (Å²) >= 11 is 5.90. The molecule has 2 N–H and O–H groups in total. The largest absolute Gasteiger partial charge is 0.495 e. The molecular weight excluding hydrogens is 500 g/mol. The smallest absolute Gasteiger partial charge is 0.250 e. The number of aromatic nitrogens is 3. The third-order valence-corrected chi connectivity index (χ3v) is 6.74. The molecule has 0 unspecified atom stereocenters. The van der Waals surface area contributed by atoms with Gasteiger partial charge in [0.1, 0.15) is 18.4 Å². The molecule has 4 heterocycles. The van der Waals surface area contributed by atoms with Crippen LogP contribution in [-0.2, 0) is 9.53 Å². The lowest BCUT2D eigenvalue weighted by molar-refractivity contribution is -0.119. The van der Waals surface area contributed by atoms with E-state index >= 15 is 0 Å². The molecule has 38 heavy (non-hydrogen) atoms. The van der Waals surface area contributed by atoms with Crippen molar-refractivity contribution in [1.29, 1.82) is 0 Å². The predicted octanol–water partition coefficient (Wildman–Crippen LogP) is 4.35. The fourth-order valence-corrected chi connectivity index (χ4v) is 5.17. The number of carbonyl (C=O) groups excluding carboxylic acids is 1. The number of ether oxygens (including phenoxy) is 2. The second kappa shape index (κ2) is 11.0. The molecule has 0 bridgehead atoms. The summed E-state index contributed by atoms with van der Waals surface area (Å²) in [5.41, 5.74) is 5.20. The van der Waals surface area contributed by atoms with Gasteiger partial charge in [0.15, 0.2) is 5.11 Å². The third-order valence-electron chi connectivity index (χ3n) is 6.42. The van der Waals surface area contributed by atoms with E-state index in [1.54, 1.807) is 19.5 Å². The molecule has 1 aliphatic heterocycles. The van der Waals surface area contributed by atoms with Crippen LogP contribution in [0.5, 0.6) is 5.75 Å². The predicted molar refractivity (Wildman–Crippen MR) is 150 cm³/mol. The summed E-state index contributed by atoms with van der Waals surface area (Å²) in [6.45, 7) is 1.99. The van der Waals surface area contributed by atoms with Crippen molar-refractivity contribution in [2.24, 2.45) is 0 Å². The summed E-state index contributed by atoms with van der Waals surface area (Å²) in [4.78, 5) is 23.4. The molecule has 9 nitrogen and oxygen atoms in total. The molecular formula is C28H28N6O3S. The van der Waals surface area contributed by atoms with Crippen LogP contribution in [0.25, 0.3) is 5.69 Å². The van der Waals surface area contributed by atoms with E-state index in [2.05, 4.69) is 49.1 Å². The molecule has 0 aliphatic carbocycles. The summed E-state index contributed by atoms with van der Waals surface area (Å²) in [6.07, 6.45) is 5.38. The SMILES string of the molecule is COCC(=O)Nc1cc(N2C(=S)N[C@H](c3ccccn3)[C@H]2c2ccc(C)n2-c2cccnc2)ccc1OC. The van der Waals surface area contributed by atoms with Crippen LogP contribution in [0.4, 0.5) is 11.4 Å². The Labute approximate surface area is 226 Å². The van der Waals surface area contributed by atoms with E-state index < -0.39 is 0 Å². The number of nitrogens with zero attached hydrogens (tertiary/aromatic N) is 4. The molecule has 2 atom stereocenters. The number of nitrogens with one attached hydrogen (secondary N) is 2. The number of pyridine rings is 2. The van der Waals surface area contributed by atoms with Crippen molar-refractivity contribution in [2.75, 3.05) is 31.0 Å². The number of hydrogen-bond acceptors (Lipinski definition) is 6. The summed E-state index contributed by atoms with van der Waals surface area (Å²) in [6, 6.07) is 19.1. The van der Waals surface area contributed by atoms with Crippen molar-refractivity contribution >= 4 is 34.6 Å². The lowest BCUT2D eigenvalue weighted by atomic mass is 10.0. The number of amides is 1. The Morgan fingerprint density at radius 1 is 1.08 bits per heavy atom. The molecule has 5 rings (SSSR count). The molecule has 1 aromatic carbocycles. The van der Waals surface area contributed by atoms with Crippen molar-refractivity contribution in [3.8, 4) is 11.4 Å². The van der Waals surface area contributed by atoms with Gasteiger partial charge in [-0.2, -0.15) is 0 Å². The number of methoxy groups -OCH3 is 2. The second-order valence-corrected chi connectivity index (χ2v) is 9.20. The molecule has 1 aliphatic rings. The van der Waals surface area contributed by atoms with Gasteiger partial charge >= 0.3 is 0 Å². The first-order chi connectivity index (χ1) is 18.5. The first kappa shape index (κ1) is 25.4. The van der Waals surface area contributed by atoms with Crippen LogP contribution in [-0.4, -0.2) is 46.4 Å². The topological polar surface area (TPSA) is 93.5 Å². The highest BCUT2D eigenvalue weighted by molar-refractivity contribution is 7.80. The van der Waals surface area contributed by atoms with Crippen LogP contribution in [0.3, 0.4) is 0 Å². The number of rotatable bonds is 8.